The summed E-state index contributed by atoms with van der Waals surface area (Å²) in [5.74, 6) is -0.262. The van der Waals surface area contributed by atoms with Crippen LogP contribution in [-0.4, -0.2) is 23.9 Å². The third-order valence-corrected chi connectivity index (χ3v) is 3.81. The zero-order chi connectivity index (χ0) is 15.0. The minimum Gasteiger partial charge on any atom is -0.343 e. The highest BCUT2D eigenvalue weighted by Crippen LogP contribution is 2.32. The maximum atomic E-state index is 12.5. The summed E-state index contributed by atoms with van der Waals surface area (Å²) in [5.41, 5.74) is 1.62. The summed E-state index contributed by atoms with van der Waals surface area (Å²) < 4.78 is 0. The lowest BCUT2D eigenvalue weighted by Gasteiger charge is -2.40. The second-order valence-corrected chi connectivity index (χ2v) is 5.99. The van der Waals surface area contributed by atoms with Gasteiger partial charge in [0.05, 0.1) is 10.7 Å². The standard InChI is InChI=1S/C15H19ClN2O2/c1-8(2)13-14(19)17-10(4)15(20)18(13)12-6-5-9(3)7-11(12)16/h5-8,10,13H,1-4H3,(H,17,19). The highest BCUT2D eigenvalue weighted by atomic mass is 35.5. The van der Waals surface area contributed by atoms with Crippen LogP contribution >= 0.6 is 11.6 Å². The van der Waals surface area contributed by atoms with Gasteiger partial charge in [0.1, 0.15) is 12.1 Å². The van der Waals surface area contributed by atoms with E-state index in [0.717, 1.165) is 5.56 Å². The Balaban J connectivity index is 2.52. The summed E-state index contributed by atoms with van der Waals surface area (Å²) in [7, 11) is 0. The molecule has 2 unspecified atom stereocenters. The quantitative estimate of drug-likeness (QED) is 0.911. The van der Waals surface area contributed by atoms with Crippen molar-refractivity contribution in [2.24, 2.45) is 5.92 Å². The summed E-state index contributed by atoms with van der Waals surface area (Å²) in [4.78, 5) is 26.2. The number of benzene rings is 1. The zero-order valence-corrected chi connectivity index (χ0v) is 12.9. The van der Waals surface area contributed by atoms with Crippen molar-refractivity contribution in [2.75, 3.05) is 4.90 Å². The number of aryl methyl sites for hydroxylation is 1. The van der Waals surface area contributed by atoms with Gasteiger partial charge >= 0.3 is 0 Å². The van der Waals surface area contributed by atoms with Crippen LogP contribution in [0.5, 0.6) is 0 Å². The Bertz CT molecular complexity index is 557. The minimum absolute atomic E-state index is 0.00354. The number of hydrogen-bond donors (Lipinski definition) is 1. The third-order valence-electron chi connectivity index (χ3n) is 3.51. The Kier molecular flexibility index (Phi) is 4.04. The molecule has 1 aliphatic heterocycles. The second-order valence-electron chi connectivity index (χ2n) is 5.58. The first-order valence-electron chi connectivity index (χ1n) is 6.72. The molecule has 1 aromatic carbocycles. The van der Waals surface area contributed by atoms with Crippen molar-refractivity contribution in [3.8, 4) is 0 Å². The molecule has 0 spiro atoms. The van der Waals surface area contributed by atoms with Gasteiger partial charge in [0.2, 0.25) is 11.8 Å². The van der Waals surface area contributed by atoms with Gasteiger partial charge in [-0.1, -0.05) is 31.5 Å². The fraction of sp³-hybridized carbons (Fsp3) is 0.467. The minimum atomic E-state index is -0.533. The lowest BCUT2D eigenvalue weighted by atomic mass is 9.96. The summed E-state index contributed by atoms with van der Waals surface area (Å²) in [5, 5.41) is 3.21. The highest BCUT2D eigenvalue weighted by Gasteiger charge is 2.41. The number of carbonyl (C=O) groups excluding carboxylic acids is 2. The third kappa shape index (κ3) is 2.52. The molecular weight excluding hydrogens is 276 g/mol. The first-order valence-corrected chi connectivity index (χ1v) is 7.10. The van der Waals surface area contributed by atoms with Crippen molar-refractivity contribution in [1.29, 1.82) is 0 Å². The Morgan fingerprint density at radius 3 is 2.50 bits per heavy atom. The molecule has 2 atom stereocenters. The first kappa shape index (κ1) is 14.9. The van der Waals surface area contributed by atoms with Gasteiger partial charge in [0.15, 0.2) is 0 Å². The van der Waals surface area contributed by atoms with E-state index in [2.05, 4.69) is 5.32 Å². The number of rotatable bonds is 2. The van der Waals surface area contributed by atoms with Crippen LogP contribution in [-0.2, 0) is 9.59 Å². The maximum Gasteiger partial charge on any atom is 0.250 e. The molecule has 1 aliphatic rings. The summed E-state index contributed by atoms with van der Waals surface area (Å²) in [6, 6.07) is 4.44. The van der Waals surface area contributed by atoms with Gasteiger partial charge in [-0.3, -0.25) is 14.5 Å². The monoisotopic (exact) mass is 294 g/mol. The fourth-order valence-corrected chi connectivity index (χ4v) is 2.83. The van der Waals surface area contributed by atoms with Crippen LogP contribution < -0.4 is 10.2 Å². The average Bonchev–Trinajstić information content (AvgIpc) is 2.33. The predicted molar refractivity (Wildman–Crippen MR) is 79.9 cm³/mol. The normalized spacial score (nSPS) is 23.2. The smallest absolute Gasteiger partial charge is 0.250 e. The number of amides is 2. The second kappa shape index (κ2) is 5.44. The van der Waals surface area contributed by atoms with E-state index in [0.29, 0.717) is 10.7 Å². The maximum absolute atomic E-state index is 12.5. The Hall–Kier alpha value is -1.55. The van der Waals surface area contributed by atoms with E-state index in [1.807, 2.05) is 26.8 Å². The number of piperazine rings is 1. The molecular formula is C15H19ClN2O2. The van der Waals surface area contributed by atoms with E-state index in [4.69, 9.17) is 11.6 Å². The van der Waals surface area contributed by atoms with Crippen LogP contribution in [0.1, 0.15) is 26.3 Å². The van der Waals surface area contributed by atoms with Crippen LogP contribution in [0.3, 0.4) is 0 Å². The largest absolute Gasteiger partial charge is 0.343 e. The first-order chi connectivity index (χ1) is 9.32. The van der Waals surface area contributed by atoms with E-state index in [-0.39, 0.29) is 17.7 Å². The van der Waals surface area contributed by atoms with Gasteiger partial charge in [0.25, 0.3) is 0 Å². The van der Waals surface area contributed by atoms with Crippen LogP contribution in [0.15, 0.2) is 18.2 Å². The van der Waals surface area contributed by atoms with Gasteiger partial charge in [-0.15, -0.1) is 0 Å². The van der Waals surface area contributed by atoms with Gasteiger partial charge in [-0.05, 0) is 37.5 Å². The summed E-state index contributed by atoms with van der Waals surface area (Å²) in [6.07, 6.45) is 0. The topological polar surface area (TPSA) is 49.4 Å². The molecule has 1 N–H and O–H groups in total. The molecule has 2 rings (SSSR count). The summed E-state index contributed by atoms with van der Waals surface area (Å²) in [6.45, 7) is 7.46. The lowest BCUT2D eigenvalue weighted by Crippen LogP contribution is -2.64. The molecule has 1 saturated heterocycles. The van der Waals surface area contributed by atoms with E-state index >= 15 is 0 Å². The molecule has 108 valence electrons. The molecule has 0 aliphatic carbocycles. The number of halogens is 1. The van der Waals surface area contributed by atoms with Crippen molar-refractivity contribution in [2.45, 2.75) is 39.8 Å². The SMILES string of the molecule is Cc1ccc(N2C(=O)C(C)NC(=O)C2C(C)C)c(Cl)c1. The number of nitrogens with zero attached hydrogens (tertiary/aromatic N) is 1. The number of hydrogen-bond acceptors (Lipinski definition) is 2. The summed E-state index contributed by atoms with van der Waals surface area (Å²) >= 11 is 6.27. The molecule has 0 radical (unpaired) electrons. The van der Waals surface area contributed by atoms with Gasteiger partial charge < -0.3 is 5.32 Å². The van der Waals surface area contributed by atoms with Gasteiger partial charge in [-0.2, -0.15) is 0 Å². The van der Waals surface area contributed by atoms with E-state index in [1.54, 1.807) is 19.1 Å². The Morgan fingerprint density at radius 2 is 1.95 bits per heavy atom. The number of nitrogens with one attached hydrogen (secondary N) is 1. The van der Waals surface area contributed by atoms with Gasteiger partial charge in [-0.25, -0.2) is 0 Å². The van der Waals surface area contributed by atoms with Crippen molar-refractivity contribution >= 4 is 29.1 Å². The zero-order valence-electron chi connectivity index (χ0n) is 12.1. The van der Waals surface area contributed by atoms with Crippen molar-refractivity contribution in [3.05, 3.63) is 28.8 Å². The van der Waals surface area contributed by atoms with Crippen molar-refractivity contribution < 1.29 is 9.59 Å². The predicted octanol–water partition coefficient (Wildman–Crippen LogP) is 2.52. The van der Waals surface area contributed by atoms with Crippen molar-refractivity contribution in [1.82, 2.24) is 5.32 Å². The van der Waals surface area contributed by atoms with E-state index in [1.165, 1.54) is 4.90 Å². The highest BCUT2D eigenvalue weighted by molar-refractivity contribution is 6.34. The van der Waals surface area contributed by atoms with Gasteiger partial charge in [0, 0.05) is 0 Å². The van der Waals surface area contributed by atoms with Crippen LogP contribution in [0.4, 0.5) is 5.69 Å². The molecule has 4 nitrogen and oxygen atoms in total. The molecule has 0 saturated carbocycles. The fourth-order valence-electron chi connectivity index (χ4n) is 2.50. The molecule has 1 aromatic rings. The van der Waals surface area contributed by atoms with Crippen LogP contribution in [0.2, 0.25) is 5.02 Å². The number of anilines is 1. The molecule has 20 heavy (non-hydrogen) atoms. The molecule has 1 fully saturated rings. The molecule has 0 aromatic heterocycles. The van der Waals surface area contributed by atoms with E-state index in [9.17, 15) is 9.59 Å². The average molecular weight is 295 g/mol. The Morgan fingerprint density at radius 1 is 1.30 bits per heavy atom. The number of carbonyl (C=O) groups is 2. The van der Waals surface area contributed by atoms with Crippen molar-refractivity contribution in [3.63, 3.8) is 0 Å². The van der Waals surface area contributed by atoms with Crippen LogP contribution in [0.25, 0.3) is 0 Å². The molecule has 5 heteroatoms. The molecule has 1 heterocycles. The Labute approximate surface area is 124 Å². The van der Waals surface area contributed by atoms with E-state index < -0.39 is 12.1 Å². The lowest BCUT2D eigenvalue weighted by molar-refractivity contribution is -0.134. The molecule has 2 amide bonds. The van der Waals surface area contributed by atoms with Crippen LogP contribution in [0, 0.1) is 12.8 Å². The molecule has 0 bridgehead atoms.